The van der Waals surface area contributed by atoms with E-state index in [2.05, 4.69) is 10.3 Å². The number of carbonyl (C=O) groups excluding carboxylic acids is 2. The van der Waals surface area contributed by atoms with Gasteiger partial charge in [-0.15, -0.1) is 0 Å². The maximum atomic E-state index is 13.5. The largest absolute Gasteiger partial charge is 0.382 e. The van der Waals surface area contributed by atoms with Gasteiger partial charge in [-0.2, -0.15) is 0 Å². The van der Waals surface area contributed by atoms with E-state index < -0.39 is 17.8 Å². The van der Waals surface area contributed by atoms with E-state index in [1.54, 1.807) is 6.07 Å². The third-order valence-electron chi connectivity index (χ3n) is 5.62. The topological polar surface area (TPSA) is 88.5 Å². The second-order valence-electron chi connectivity index (χ2n) is 7.36. The molecule has 2 aromatic rings. The van der Waals surface area contributed by atoms with E-state index in [0.717, 1.165) is 0 Å². The van der Waals surface area contributed by atoms with Crippen LogP contribution in [0, 0.1) is 23.6 Å². The summed E-state index contributed by atoms with van der Waals surface area (Å²) in [6, 6.07) is 8.45. The molecule has 1 saturated carbocycles. The van der Waals surface area contributed by atoms with Gasteiger partial charge in [0.25, 0.3) is 5.91 Å². The highest BCUT2D eigenvalue weighted by Gasteiger charge is 2.54. The first-order valence-corrected chi connectivity index (χ1v) is 9.26. The monoisotopic (exact) mass is 384 g/mol. The summed E-state index contributed by atoms with van der Waals surface area (Å²) >= 11 is 0. The molecule has 2 fully saturated rings. The molecular formula is C21H21FN2O4. The van der Waals surface area contributed by atoms with Crippen LogP contribution in [0.1, 0.15) is 44.6 Å². The Balaban J connectivity index is 1.63. The normalized spacial score (nSPS) is 23.8. The van der Waals surface area contributed by atoms with Crippen LogP contribution in [-0.4, -0.2) is 42.0 Å². The lowest BCUT2D eigenvalue weighted by Gasteiger charge is -2.14. The molecule has 2 heterocycles. The van der Waals surface area contributed by atoms with Crippen molar-refractivity contribution >= 4 is 11.7 Å². The predicted molar refractivity (Wildman–Crippen MR) is 98.3 cm³/mol. The number of nitrogens with zero attached hydrogens (tertiary/aromatic N) is 1. The summed E-state index contributed by atoms with van der Waals surface area (Å²) in [5.74, 6) is 0.161. The standard InChI is InChI=1S/C21H21FN2O4/c1-23-21(27)18-7-12(19(25)8-14-15-9-28-10-16(14)15)6-17(24-18)20(26)11-3-2-4-13(22)5-11/h2-7,14-16,20,26H,8-10H2,1H3,(H,23,27)/t14?,15-,16+,20-/m0/s1. The van der Waals surface area contributed by atoms with E-state index in [9.17, 15) is 19.1 Å². The van der Waals surface area contributed by atoms with E-state index in [1.807, 2.05) is 0 Å². The highest BCUT2D eigenvalue weighted by molar-refractivity contribution is 6.00. The first-order valence-electron chi connectivity index (χ1n) is 9.26. The number of nitrogens with one attached hydrogen (secondary N) is 1. The lowest BCUT2D eigenvalue weighted by Crippen LogP contribution is -2.21. The lowest BCUT2D eigenvalue weighted by atomic mass is 9.99. The number of ether oxygens (including phenoxy) is 1. The minimum Gasteiger partial charge on any atom is -0.382 e. The molecule has 2 aliphatic rings. The van der Waals surface area contributed by atoms with Crippen LogP contribution < -0.4 is 5.32 Å². The van der Waals surface area contributed by atoms with Crippen LogP contribution in [0.3, 0.4) is 0 Å². The number of hydrogen-bond acceptors (Lipinski definition) is 5. The molecule has 0 spiro atoms. The number of aliphatic hydroxyl groups excluding tert-OH is 1. The fourth-order valence-electron chi connectivity index (χ4n) is 3.94. The Morgan fingerprint density at radius 3 is 2.71 bits per heavy atom. The van der Waals surface area contributed by atoms with Crippen LogP contribution in [-0.2, 0) is 4.74 Å². The van der Waals surface area contributed by atoms with Crippen LogP contribution in [0.4, 0.5) is 4.39 Å². The molecule has 1 amide bonds. The van der Waals surface area contributed by atoms with Gasteiger partial charge in [-0.1, -0.05) is 12.1 Å². The Morgan fingerprint density at radius 1 is 1.29 bits per heavy atom. The van der Waals surface area contributed by atoms with Crippen molar-refractivity contribution in [3.63, 3.8) is 0 Å². The molecule has 1 aliphatic carbocycles. The van der Waals surface area contributed by atoms with Gasteiger partial charge >= 0.3 is 0 Å². The number of benzene rings is 1. The quantitative estimate of drug-likeness (QED) is 0.745. The molecule has 28 heavy (non-hydrogen) atoms. The van der Waals surface area contributed by atoms with E-state index in [0.29, 0.717) is 48.5 Å². The zero-order valence-corrected chi connectivity index (χ0v) is 15.4. The number of ketones is 1. The van der Waals surface area contributed by atoms with Crippen molar-refractivity contribution in [3.8, 4) is 0 Å². The van der Waals surface area contributed by atoms with E-state index in [1.165, 1.54) is 37.4 Å². The smallest absolute Gasteiger partial charge is 0.269 e. The van der Waals surface area contributed by atoms with Crippen molar-refractivity contribution in [2.24, 2.45) is 17.8 Å². The van der Waals surface area contributed by atoms with Gasteiger partial charge < -0.3 is 15.2 Å². The Hall–Kier alpha value is -2.64. The van der Waals surface area contributed by atoms with Crippen LogP contribution in [0.5, 0.6) is 0 Å². The molecule has 1 aromatic heterocycles. The van der Waals surface area contributed by atoms with Gasteiger partial charge in [-0.3, -0.25) is 9.59 Å². The molecule has 4 rings (SSSR count). The molecule has 0 bridgehead atoms. The maximum Gasteiger partial charge on any atom is 0.269 e. The SMILES string of the molecule is CNC(=O)c1cc(C(=O)CC2[C@H]3COC[C@@H]23)cc([C@@H](O)c2cccc(F)c2)n1. The molecule has 6 nitrogen and oxygen atoms in total. The van der Waals surface area contributed by atoms with Gasteiger partial charge in [0.2, 0.25) is 0 Å². The van der Waals surface area contributed by atoms with Gasteiger partial charge in [-0.05, 0) is 47.6 Å². The number of hydrogen-bond donors (Lipinski definition) is 2. The zero-order chi connectivity index (χ0) is 19.8. The molecule has 4 atom stereocenters. The van der Waals surface area contributed by atoms with Crippen LogP contribution in [0.15, 0.2) is 36.4 Å². The first kappa shape index (κ1) is 18.7. The number of rotatable bonds is 6. The summed E-state index contributed by atoms with van der Waals surface area (Å²) in [7, 11) is 1.46. The molecule has 7 heteroatoms. The minimum absolute atomic E-state index is 0.0399. The summed E-state index contributed by atoms with van der Waals surface area (Å²) in [5.41, 5.74) is 0.797. The first-order chi connectivity index (χ1) is 13.5. The second-order valence-corrected chi connectivity index (χ2v) is 7.36. The highest BCUT2D eigenvalue weighted by atomic mass is 19.1. The van der Waals surface area contributed by atoms with Crippen molar-refractivity contribution in [3.05, 3.63) is 64.7 Å². The Morgan fingerprint density at radius 2 is 2.04 bits per heavy atom. The van der Waals surface area contributed by atoms with Gasteiger partial charge in [0.1, 0.15) is 17.6 Å². The Labute approximate surface area is 161 Å². The predicted octanol–water partition coefficient (Wildman–Crippen LogP) is 2.13. The number of aliphatic hydroxyl groups is 1. The molecule has 1 aromatic carbocycles. The van der Waals surface area contributed by atoms with Crippen molar-refractivity contribution in [1.82, 2.24) is 10.3 Å². The Kier molecular flexibility index (Phi) is 4.95. The lowest BCUT2D eigenvalue weighted by molar-refractivity contribution is 0.0950. The average Bonchev–Trinajstić information content (AvgIpc) is 3.12. The number of amides is 1. The summed E-state index contributed by atoms with van der Waals surface area (Å²) in [6.45, 7) is 1.40. The van der Waals surface area contributed by atoms with Crippen LogP contribution >= 0.6 is 0 Å². The van der Waals surface area contributed by atoms with E-state index in [-0.39, 0.29) is 17.2 Å². The second kappa shape index (κ2) is 7.41. The fraction of sp³-hybridized carbons (Fsp3) is 0.381. The van der Waals surface area contributed by atoms with Crippen molar-refractivity contribution in [1.29, 1.82) is 0 Å². The maximum absolute atomic E-state index is 13.5. The average molecular weight is 384 g/mol. The van der Waals surface area contributed by atoms with Crippen molar-refractivity contribution < 1.29 is 23.8 Å². The summed E-state index contributed by atoms with van der Waals surface area (Å²) in [5, 5.41) is 13.1. The molecule has 0 radical (unpaired) electrons. The number of carbonyl (C=O) groups is 2. The molecule has 1 saturated heterocycles. The summed E-state index contributed by atoms with van der Waals surface area (Å²) < 4.78 is 18.9. The number of halogens is 1. The third-order valence-corrected chi connectivity index (χ3v) is 5.62. The van der Waals surface area contributed by atoms with Crippen LogP contribution in [0.25, 0.3) is 0 Å². The van der Waals surface area contributed by atoms with Gasteiger partial charge in [0, 0.05) is 19.0 Å². The van der Waals surface area contributed by atoms with E-state index >= 15 is 0 Å². The molecule has 1 unspecified atom stereocenters. The molecular weight excluding hydrogens is 363 g/mol. The number of Topliss-reactive ketones (excluding diaryl/α,β-unsaturated/α-hetero) is 1. The number of pyridine rings is 1. The van der Waals surface area contributed by atoms with E-state index in [4.69, 9.17) is 4.74 Å². The third kappa shape index (κ3) is 3.55. The van der Waals surface area contributed by atoms with Gasteiger partial charge in [0.05, 0.1) is 18.9 Å². The Bertz CT molecular complexity index is 922. The molecule has 1 aliphatic heterocycles. The zero-order valence-electron chi connectivity index (χ0n) is 15.4. The summed E-state index contributed by atoms with van der Waals surface area (Å²) in [6.07, 6.45) is -0.869. The number of aromatic nitrogens is 1. The molecule has 2 N–H and O–H groups in total. The molecule has 146 valence electrons. The van der Waals surface area contributed by atoms with Gasteiger partial charge in [0.15, 0.2) is 5.78 Å². The van der Waals surface area contributed by atoms with Crippen molar-refractivity contribution in [2.45, 2.75) is 12.5 Å². The van der Waals surface area contributed by atoms with Crippen LogP contribution in [0.2, 0.25) is 0 Å². The fourth-order valence-corrected chi connectivity index (χ4v) is 3.94. The van der Waals surface area contributed by atoms with Crippen molar-refractivity contribution in [2.75, 3.05) is 20.3 Å². The summed E-state index contributed by atoms with van der Waals surface area (Å²) in [4.78, 5) is 29.1. The highest BCUT2D eigenvalue weighted by Crippen LogP contribution is 2.52. The minimum atomic E-state index is -1.25. The number of fused-ring (bicyclic) bond motifs is 1. The van der Waals surface area contributed by atoms with Gasteiger partial charge in [-0.25, -0.2) is 9.37 Å².